The van der Waals surface area contributed by atoms with Crippen molar-refractivity contribution < 1.29 is 18.3 Å². The maximum atomic E-state index is 12.4. The summed E-state index contributed by atoms with van der Waals surface area (Å²) in [5, 5.41) is 9.31. The van der Waals surface area contributed by atoms with Gasteiger partial charge in [-0.15, -0.1) is 0 Å². The van der Waals surface area contributed by atoms with E-state index in [1.807, 2.05) is 0 Å². The lowest BCUT2D eigenvalue weighted by molar-refractivity contribution is 0.281. The van der Waals surface area contributed by atoms with E-state index >= 15 is 0 Å². The Morgan fingerprint density at radius 2 is 2.14 bits per heavy atom. The van der Waals surface area contributed by atoms with Crippen LogP contribution in [0.4, 0.5) is 5.82 Å². The van der Waals surface area contributed by atoms with Gasteiger partial charge in [-0.25, -0.2) is 13.4 Å². The van der Waals surface area contributed by atoms with Crippen LogP contribution in [-0.4, -0.2) is 25.6 Å². The maximum Gasteiger partial charge on any atom is 0.266 e. The zero-order valence-corrected chi connectivity index (χ0v) is 12.6. The Bertz CT molecular complexity index is 750. The number of methoxy groups -OCH3 is 1. The minimum Gasteiger partial charge on any atom is -0.495 e. The summed E-state index contributed by atoms with van der Waals surface area (Å²) in [6.45, 7) is -0.281. The molecule has 0 atom stereocenters. The van der Waals surface area contributed by atoms with E-state index in [0.29, 0.717) is 5.56 Å². The highest BCUT2D eigenvalue weighted by molar-refractivity contribution is 7.92. The molecule has 0 unspecified atom stereocenters. The number of benzene rings is 1. The molecule has 0 saturated carbocycles. The van der Waals surface area contributed by atoms with Gasteiger partial charge in [0.2, 0.25) is 0 Å². The first-order chi connectivity index (χ1) is 9.97. The standard InChI is InChI=1S/C13H13ClN2O4S/c1-20-11-5-4-9(8-17)7-12(11)21(18,19)16-13-10(14)3-2-6-15-13/h2-7,17H,8H2,1H3,(H,15,16). The molecule has 1 aromatic carbocycles. The fourth-order valence-corrected chi connectivity index (χ4v) is 3.15. The number of hydrogen-bond donors (Lipinski definition) is 2. The van der Waals surface area contributed by atoms with E-state index in [0.717, 1.165) is 0 Å². The Hall–Kier alpha value is -1.83. The van der Waals surface area contributed by atoms with Gasteiger partial charge >= 0.3 is 0 Å². The molecule has 0 saturated heterocycles. The molecule has 0 amide bonds. The van der Waals surface area contributed by atoms with Crippen LogP contribution in [0.25, 0.3) is 0 Å². The quantitative estimate of drug-likeness (QED) is 0.876. The molecule has 112 valence electrons. The summed E-state index contributed by atoms with van der Waals surface area (Å²) in [5.74, 6) is 0.183. The minimum absolute atomic E-state index is 0.0237. The third-order valence-corrected chi connectivity index (χ3v) is 4.35. The van der Waals surface area contributed by atoms with Crippen molar-refractivity contribution in [3.8, 4) is 5.75 Å². The van der Waals surface area contributed by atoms with Crippen molar-refractivity contribution in [2.75, 3.05) is 11.8 Å². The number of rotatable bonds is 5. The molecule has 0 radical (unpaired) electrons. The molecule has 0 aliphatic heterocycles. The highest BCUT2D eigenvalue weighted by Crippen LogP contribution is 2.28. The van der Waals surface area contributed by atoms with Crippen molar-refractivity contribution in [1.82, 2.24) is 4.98 Å². The second-order valence-corrected chi connectivity index (χ2v) is 6.14. The van der Waals surface area contributed by atoms with Crippen molar-refractivity contribution in [2.24, 2.45) is 0 Å². The number of aromatic nitrogens is 1. The van der Waals surface area contributed by atoms with Crippen molar-refractivity contribution >= 4 is 27.4 Å². The molecular weight excluding hydrogens is 316 g/mol. The van der Waals surface area contributed by atoms with E-state index in [-0.39, 0.29) is 28.1 Å². The van der Waals surface area contributed by atoms with Gasteiger partial charge in [-0.1, -0.05) is 17.7 Å². The Balaban J connectivity index is 2.46. The molecule has 2 N–H and O–H groups in total. The van der Waals surface area contributed by atoms with Crippen molar-refractivity contribution in [3.05, 3.63) is 47.1 Å². The molecule has 2 aromatic rings. The number of halogens is 1. The fourth-order valence-electron chi connectivity index (χ4n) is 1.67. The van der Waals surface area contributed by atoms with Gasteiger partial charge in [0.15, 0.2) is 5.82 Å². The first kappa shape index (κ1) is 15.6. The lowest BCUT2D eigenvalue weighted by atomic mass is 10.2. The van der Waals surface area contributed by atoms with E-state index in [1.54, 1.807) is 12.1 Å². The van der Waals surface area contributed by atoms with Crippen LogP contribution in [0.3, 0.4) is 0 Å². The van der Waals surface area contributed by atoms with Crippen molar-refractivity contribution in [2.45, 2.75) is 11.5 Å². The number of anilines is 1. The molecule has 1 heterocycles. The molecule has 2 rings (SSSR count). The smallest absolute Gasteiger partial charge is 0.266 e. The Morgan fingerprint density at radius 1 is 1.38 bits per heavy atom. The monoisotopic (exact) mass is 328 g/mol. The van der Waals surface area contributed by atoms with Gasteiger partial charge in [-0.2, -0.15) is 0 Å². The molecule has 0 fully saturated rings. The molecular formula is C13H13ClN2O4S. The average molecular weight is 329 g/mol. The predicted molar refractivity (Wildman–Crippen MR) is 79.0 cm³/mol. The lowest BCUT2D eigenvalue weighted by Gasteiger charge is -2.12. The number of ether oxygens (including phenoxy) is 1. The lowest BCUT2D eigenvalue weighted by Crippen LogP contribution is -2.15. The Morgan fingerprint density at radius 3 is 2.76 bits per heavy atom. The first-order valence-corrected chi connectivity index (χ1v) is 7.75. The van der Waals surface area contributed by atoms with Gasteiger partial charge in [-0.3, -0.25) is 4.72 Å². The zero-order valence-electron chi connectivity index (χ0n) is 11.1. The number of nitrogens with one attached hydrogen (secondary N) is 1. The van der Waals surface area contributed by atoms with Gasteiger partial charge < -0.3 is 9.84 Å². The van der Waals surface area contributed by atoms with Crippen molar-refractivity contribution in [3.63, 3.8) is 0 Å². The molecule has 1 aromatic heterocycles. The number of aliphatic hydroxyl groups is 1. The second kappa shape index (κ2) is 6.30. The predicted octanol–water partition coefficient (Wildman–Crippen LogP) is 2.04. The second-order valence-electron chi connectivity index (χ2n) is 4.08. The van der Waals surface area contributed by atoms with Gasteiger partial charge in [-0.05, 0) is 29.8 Å². The largest absolute Gasteiger partial charge is 0.495 e. The fraction of sp³-hybridized carbons (Fsp3) is 0.154. The average Bonchev–Trinajstić information content (AvgIpc) is 2.48. The van der Waals surface area contributed by atoms with E-state index in [1.165, 1.54) is 31.5 Å². The summed E-state index contributed by atoms with van der Waals surface area (Å²) in [4.78, 5) is 3.78. The van der Waals surface area contributed by atoms with Crippen LogP contribution < -0.4 is 9.46 Å². The Kier molecular flexibility index (Phi) is 4.66. The van der Waals surface area contributed by atoms with E-state index in [2.05, 4.69) is 9.71 Å². The van der Waals surface area contributed by atoms with Gasteiger partial charge in [0.25, 0.3) is 10.0 Å². The molecule has 0 aliphatic rings. The summed E-state index contributed by atoms with van der Waals surface area (Å²) >= 11 is 5.89. The zero-order chi connectivity index (χ0) is 15.5. The van der Waals surface area contributed by atoms with Gasteiger partial charge in [0, 0.05) is 6.20 Å². The van der Waals surface area contributed by atoms with Crippen LogP contribution in [0.2, 0.25) is 5.02 Å². The Labute approximate surface area is 127 Å². The van der Waals surface area contributed by atoms with E-state index in [4.69, 9.17) is 21.4 Å². The third-order valence-electron chi connectivity index (χ3n) is 2.69. The highest BCUT2D eigenvalue weighted by atomic mass is 35.5. The SMILES string of the molecule is COc1ccc(CO)cc1S(=O)(=O)Nc1ncccc1Cl. The maximum absolute atomic E-state index is 12.4. The molecule has 8 heteroatoms. The van der Waals surface area contributed by atoms with Crippen LogP contribution in [0.1, 0.15) is 5.56 Å². The highest BCUT2D eigenvalue weighted by Gasteiger charge is 2.21. The molecule has 6 nitrogen and oxygen atoms in total. The van der Waals surface area contributed by atoms with Gasteiger partial charge in [0.1, 0.15) is 10.6 Å². The summed E-state index contributed by atoms with van der Waals surface area (Å²) in [7, 11) is -2.58. The van der Waals surface area contributed by atoms with Crippen LogP contribution >= 0.6 is 11.6 Å². The van der Waals surface area contributed by atoms with Crippen LogP contribution in [0, 0.1) is 0 Å². The number of aliphatic hydroxyl groups excluding tert-OH is 1. The van der Waals surface area contributed by atoms with E-state index < -0.39 is 10.0 Å². The number of nitrogens with zero attached hydrogens (tertiary/aromatic N) is 1. The van der Waals surface area contributed by atoms with Gasteiger partial charge in [0.05, 0.1) is 18.7 Å². The number of hydrogen-bond acceptors (Lipinski definition) is 5. The molecule has 0 spiro atoms. The number of pyridine rings is 1. The summed E-state index contributed by atoms with van der Waals surface area (Å²) < 4.78 is 32.2. The summed E-state index contributed by atoms with van der Waals surface area (Å²) in [5.41, 5.74) is 0.447. The summed E-state index contributed by atoms with van der Waals surface area (Å²) in [6, 6.07) is 7.49. The normalized spacial score (nSPS) is 11.2. The number of sulfonamides is 1. The summed E-state index contributed by atoms with van der Waals surface area (Å²) in [6.07, 6.45) is 1.42. The topological polar surface area (TPSA) is 88.5 Å². The minimum atomic E-state index is -3.94. The van der Waals surface area contributed by atoms with Crippen LogP contribution in [0.5, 0.6) is 5.75 Å². The molecule has 0 bridgehead atoms. The molecule has 0 aliphatic carbocycles. The molecule has 21 heavy (non-hydrogen) atoms. The first-order valence-electron chi connectivity index (χ1n) is 5.89. The third kappa shape index (κ3) is 3.44. The van der Waals surface area contributed by atoms with E-state index in [9.17, 15) is 8.42 Å². The van der Waals surface area contributed by atoms with Crippen LogP contribution in [0.15, 0.2) is 41.4 Å². The van der Waals surface area contributed by atoms with Crippen molar-refractivity contribution in [1.29, 1.82) is 0 Å². The van der Waals surface area contributed by atoms with Crippen LogP contribution in [-0.2, 0) is 16.6 Å².